The van der Waals surface area contributed by atoms with Gasteiger partial charge in [0.15, 0.2) is 0 Å². The molecule has 0 aliphatic carbocycles. The number of rotatable bonds is 10. The molecular weight excluding hydrogens is 836 g/mol. The first-order valence-electron chi connectivity index (χ1n) is 22.3. The third-order valence-electron chi connectivity index (χ3n) is 12.4. The maximum atomic E-state index is 11.0. The number of nitrogens with one attached hydrogen (secondary N) is 2. The SMILES string of the molecule is C/C(=N\C(c1ccccc1)N1CCCCC1)NC1=C(O)N(c2ccccc2)N(C)C1C.C/C(=N\C(c1ccccc1)N1CCCCC1)NC1=C(O)N(c2ccccc2)N(C)C1C.[Cu]. The molecule has 0 bridgehead atoms. The van der Waals surface area contributed by atoms with E-state index in [0.29, 0.717) is 0 Å². The van der Waals surface area contributed by atoms with Gasteiger partial charge in [0.2, 0.25) is 11.8 Å². The Labute approximate surface area is 385 Å². The second-order valence-corrected chi connectivity index (χ2v) is 16.7. The van der Waals surface area contributed by atoms with E-state index in [2.05, 4.69) is 82.8 Å². The van der Waals surface area contributed by atoms with Crippen molar-refractivity contribution >= 4 is 23.0 Å². The molecular formula is C50H66CuN10O2. The van der Waals surface area contributed by atoms with E-state index in [0.717, 1.165) is 60.6 Å². The molecule has 63 heavy (non-hydrogen) atoms. The number of hydrazine groups is 2. The standard InChI is InChI=1S/2C25H33N5O.Cu/c2*1-19-23(25(31)30(28(19)3)22-15-9-5-10-16-22)26-20(2)27-24(21-13-7-4-8-14-21)29-17-11-6-12-18-29;/h2*4-5,7-10,13-16,19,24,31H,6,11-12,17-18H2,1-3H3,(H,26,27);. The monoisotopic (exact) mass is 901 g/mol. The van der Waals surface area contributed by atoms with Gasteiger partial charge in [0.05, 0.1) is 46.5 Å². The van der Waals surface area contributed by atoms with Crippen LogP contribution in [-0.2, 0) is 17.1 Å². The molecule has 8 rings (SSSR count). The molecule has 2 saturated heterocycles. The average Bonchev–Trinajstić information content (AvgIpc) is 3.66. The number of likely N-dealkylation sites (tertiary alicyclic amines) is 2. The third kappa shape index (κ3) is 11.3. The van der Waals surface area contributed by atoms with E-state index in [4.69, 9.17) is 9.98 Å². The summed E-state index contributed by atoms with van der Waals surface area (Å²) < 4.78 is 0. The van der Waals surface area contributed by atoms with Crippen molar-refractivity contribution in [2.45, 2.75) is 90.6 Å². The largest absolute Gasteiger partial charge is 0.492 e. The molecule has 4 N–H and O–H groups in total. The molecule has 0 amide bonds. The van der Waals surface area contributed by atoms with Crippen molar-refractivity contribution in [3.8, 4) is 0 Å². The van der Waals surface area contributed by atoms with Gasteiger partial charge in [0, 0.05) is 57.3 Å². The summed E-state index contributed by atoms with van der Waals surface area (Å²) in [6.07, 6.45) is 7.40. The Morgan fingerprint density at radius 2 is 0.810 bits per heavy atom. The van der Waals surface area contributed by atoms with E-state index < -0.39 is 0 Å². The number of aliphatic hydroxyl groups is 2. The van der Waals surface area contributed by atoms with Crippen molar-refractivity contribution in [3.05, 3.63) is 156 Å². The summed E-state index contributed by atoms with van der Waals surface area (Å²) in [5, 5.41) is 36.6. The van der Waals surface area contributed by atoms with Gasteiger partial charge in [0.1, 0.15) is 12.3 Å². The Balaban J connectivity index is 0.000000206. The maximum Gasteiger partial charge on any atom is 0.228 e. The van der Waals surface area contributed by atoms with E-state index in [1.165, 1.54) is 49.7 Å². The quantitative estimate of drug-likeness (QED) is 0.0699. The molecule has 4 atom stereocenters. The molecule has 0 saturated carbocycles. The fourth-order valence-corrected chi connectivity index (χ4v) is 8.82. The van der Waals surface area contributed by atoms with Crippen LogP contribution in [0.15, 0.2) is 154 Å². The minimum absolute atomic E-state index is 0. The Bertz CT molecular complexity index is 2010. The van der Waals surface area contributed by atoms with Crippen LogP contribution in [0.5, 0.6) is 0 Å². The molecule has 4 unspecified atom stereocenters. The zero-order valence-corrected chi connectivity index (χ0v) is 38.6. The van der Waals surface area contributed by atoms with E-state index in [-0.39, 0.29) is 53.3 Å². The Morgan fingerprint density at radius 1 is 0.508 bits per heavy atom. The number of anilines is 2. The topological polar surface area (TPSA) is 109 Å². The van der Waals surface area contributed by atoms with Crippen LogP contribution in [0.25, 0.3) is 0 Å². The number of hydrogen-bond donors (Lipinski definition) is 4. The number of likely N-dealkylation sites (N-methyl/N-ethyl adjacent to an activating group) is 2. The van der Waals surface area contributed by atoms with E-state index in [9.17, 15) is 10.2 Å². The Morgan fingerprint density at radius 3 is 1.13 bits per heavy atom. The molecule has 0 spiro atoms. The summed E-state index contributed by atoms with van der Waals surface area (Å²) in [5.41, 5.74) is 5.78. The predicted molar refractivity (Wildman–Crippen MR) is 253 cm³/mol. The maximum absolute atomic E-state index is 11.0. The van der Waals surface area contributed by atoms with Crippen LogP contribution in [0.2, 0.25) is 0 Å². The molecule has 0 aromatic heterocycles. The first-order valence-corrected chi connectivity index (χ1v) is 22.3. The summed E-state index contributed by atoms with van der Waals surface area (Å²) in [7, 11) is 3.96. The summed E-state index contributed by atoms with van der Waals surface area (Å²) in [6.45, 7) is 12.4. The molecule has 339 valence electrons. The minimum Gasteiger partial charge on any atom is -0.492 e. The van der Waals surface area contributed by atoms with Crippen LogP contribution in [0.3, 0.4) is 0 Å². The third-order valence-corrected chi connectivity index (χ3v) is 12.4. The molecule has 4 aromatic rings. The number of aliphatic hydroxyl groups excluding tert-OH is 2. The average molecular weight is 903 g/mol. The first kappa shape index (κ1) is 47.3. The van der Waals surface area contributed by atoms with Crippen molar-refractivity contribution in [2.75, 3.05) is 50.3 Å². The number of hydrogen-bond acceptors (Lipinski definition) is 10. The van der Waals surface area contributed by atoms with Crippen molar-refractivity contribution in [1.29, 1.82) is 0 Å². The van der Waals surface area contributed by atoms with Gasteiger partial charge in [-0.2, -0.15) is 0 Å². The second-order valence-electron chi connectivity index (χ2n) is 16.7. The van der Waals surface area contributed by atoms with Gasteiger partial charge in [-0.15, -0.1) is 0 Å². The van der Waals surface area contributed by atoms with E-state index >= 15 is 0 Å². The van der Waals surface area contributed by atoms with Crippen LogP contribution in [0, 0.1) is 0 Å². The molecule has 4 aromatic carbocycles. The van der Waals surface area contributed by atoms with Crippen molar-refractivity contribution in [2.24, 2.45) is 9.98 Å². The van der Waals surface area contributed by atoms with Gasteiger partial charge in [-0.3, -0.25) is 9.80 Å². The van der Waals surface area contributed by atoms with Crippen LogP contribution < -0.4 is 20.7 Å². The van der Waals surface area contributed by atoms with Gasteiger partial charge < -0.3 is 20.8 Å². The van der Waals surface area contributed by atoms with E-state index in [1.54, 1.807) is 0 Å². The summed E-state index contributed by atoms with van der Waals surface area (Å²) in [6, 6.07) is 40.8. The number of amidine groups is 2. The molecule has 4 aliphatic heterocycles. The fraction of sp³-hybridized carbons (Fsp3) is 0.400. The zero-order valence-electron chi connectivity index (χ0n) is 37.7. The molecule has 2 fully saturated rings. The number of para-hydroxylation sites is 2. The summed E-state index contributed by atoms with van der Waals surface area (Å²) in [5.74, 6) is 2.03. The van der Waals surface area contributed by atoms with Gasteiger partial charge >= 0.3 is 0 Å². The minimum atomic E-state index is -0.0172. The number of nitrogens with zero attached hydrogens (tertiary/aromatic N) is 8. The predicted octanol–water partition coefficient (Wildman–Crippen LogP) is 9.32. The van der Waals surface area contributed by atoms with Crippen molar-refractivity contribution in [1.82, 2.24) is 30.5 Å². The zero-order chi connectivity index (χ0) is 43.6. The molecule has 4 heterocycles. The Kier molecular flexibility index (Phi) is 16.9. The van der Waals surface area contributed by atoms with Crippen LogP contribution in [0.1, 0.15) is 89.7 Å². The van der Waals surface area contributed by atoms with Gasteiger partial charge in [-0.1, -0.05) is 110 Å². The number of benzene rings is 4. The smallest absolute Gasteiger partial charge is 0.228 e. The summed E-state index contributed by atoms with van der Waals surface area (Å²) in [4.78, 5) is 15.1. The second kappa shape index (κ2) is 22.5. The fourth-order valence-electron chi connectivity index (χ4n) is 8.82. The van der Waals surface area contributed by atoms with Crippen LogP contribution in [0.4, 0.5) is 11.4 Å². The van der Waals surface area contributed by atoms with Crippen molar-refractivity contribution in [3.63, 3.8) is 0 Å². The number of aliphatic imine (C=N–C) groups is 2. The molecule has 13 heteroatoms. The molecule has 12 nitrogen and oxygen atoms in total. The normalized spacial score (nSPS) is 21.7. The number of piperidine rings is 2. The van der Waals surface area contributed by atoms with Crippen LogP contribution >= 0.6 is 0 Å². The van der Waals surface area contributed by atoms with Gasteiger partial charge in [-0.05, 0) is 88.8 Å². The van der Waals surface area contributed by atoms with Crippen LogP contribution in [-0.4, -0.2) is 94.1 Å². The molecule has 4 aliphatic rings. The van der Waals surface area contributed by atoms with Gasteiger partial charge in [-0.25, -0.2) is 30.0 Å². The Hall–Kier alpha value is -5.14. The van der Waals surface area contributed by atoms with Crippen molar-refractivity contribution < 1.29 is 27.3 Å². The first-order chi connectivity index (χ1) is 30.1. The van der Waals surface area contributed by atoms with Gasteiger partial charge in [0.25, 0.3) is 0 Å². The summed E-state index contributed by atoms with van der Waals surface area (Å²) >= 11 is 0. The molecule has 1 radical (unpaired) electrons. The van der Waals surface area contributed by atoms with E-state index in [1.807, 2.05) is 121 Å².